The molecule has 0 radical (unpaired) electrons. The Kier molecular flexibility index (Phi) is 4.58. The summed E-state index contributed by atoms with van der Waals surface area (Å²) < 4.78 is 6.13. The van der Waals surface area contributed by atoms with E-state index in [1.54, 1.807) is 12.1 Å². The van der Waals surface area contributed by atoms with E-state index in [1.165, 1.54) is 0 Å². The van der Waals surface area contributed by atoms with Crippen molar-refractivity contribution in [2.24, 2.45) is 4.99 Å². The summed E-state index contributed by atoms with van der Waals surface area (Å²) in [6.07, 6.45) is 0. The first-order chi connectivity index (χ1) is 12.8. The van der Waals surface area contributed by atoms with Gasteiger partial charge in [-0.3, -0.25) is 4.79 Å². The molecule has 2 heterocycles. The van der Waals surface area contributed by atoms with E-state index < -0.39 is 0 Å². The number of fused-ring (bicyclic) bond motifs is 2. The van der Waals surface area contributed by atoms with Gasteiger partial charge in [0.05, 0.1) is 5.56 Å². The van der Waals surface area contributed by atoms with E-state index in [0.717, 1.165) is 43.3 Å². The van der Waals surface area contributed by atoms with Crippen LogP contribution in [-0.4, -0.2) is 49.4 Å². The molecule has 0 aliphatic carbocycles. The number of nitrogens with one attached hydrogen (secondary N) is 2. The van der Waals surface area contributed by atoms with E-state index in [1.807, 2.05) is 37.3 Å². The SMILES string of the molecule is CCNC(=O)c1ccc2c(c1)N=C(N1CCNCC1)c1ccccc1O2. The lowest BCUT2D eigenvalue weighted by Gasteiger charge is -2.30. The standard InChI is InChI=1S/C20H22N4O2/c1-2-22-20(25)14-7-8-18-16(13-14)23-19(24-11-9-21-10-12-24)15-5-3-4-6-17(15)26-18/h3-8,13,21H,2,9-12H2,1H3,(H,22,25). The van der Waals surface area contributed by atoms with Crippen LogP contribution in [0.25, 0.3) is 0 Å². The number of carbonyl (C=O) groups excluding carboxylic acids is 1. The Labute approximate surface area is 152 Å². The molecule has 1 saturated heterocycles. The van der Waals surface area contributed by atoms with Crippen molar-refractivity contribution in [2.45, 2.75) is 6.92 Å². The molecule has 0 spiro atoms. The number of nitrogens with zero attached hydrogens (tertiary/aromatic N) is 2. The zero-order chi connectivity index (χ0) is 17.9. The second-order valence-electron chi connectivity index (χ2n) is 6.31. The molecular weight excluding hydrogens is 328 g/mol. The Morgan fingerprint density at radius 1 is 1.19 bits per heavy atom. The van der Waals surface area contributed by atoms with Gasteiger partial charge in [0.2, 0.25) is 0 Å². The summed E-state index contributed by atoms with van der Waals surface area (Å²) in [5.74, 6) is 2.25. The number of hydrogen-bond donors (Lipinski definition) is 2. The molecule has 2 aliphatic heterocycles. The third-order valence-electron chi connectivity index (χ3n) is 4.55. The summed E-state index contributed by atoms with van der Waals surface area (Å²) in [7, 11) is 0. The second-order valence-corrected chi connectivity index (χ2v) is 6.31. The molecule has 4 rings (SSSR count). The third-order valence-corrected chi connectivity index (χ3v) is 4.55. The van der Waals surface area contributed by atoms with Gasteiger partial charge >= 0.3 is 0 Å². The molecule has 1 amide bonds. The summed E-state index contributed by atoms with van der Waals surface area (Å²) in [5, 5.41) is 6.20. The van der Waals surface area contributed by atoms with Gasteiger partial charge in [-0.15, -0.1) is 0 Å². The van der Waals surface area contributed by atoms with Crippen LogP contribution in [0, 0.1) is 0 Å². The van der Waals surface area contributed by atoms with Crippen LogP contribution in [0.4, 0.5) is 5.69 Å². The van der Waals surface area contributed by atoms with Gasteiger partial charge in [0.25, 0.3) is 5.91 Å². The zero-order valence-electron chi connectivity index (χ0n) is 14.8. The number of benzene rings is 2. The highest BCUT2D eigenvalue weighted by Crippen LogP contribution is 2.38. The first kappa shape index (κ1) is 16.6. The van der Waals surface area contributed by atoms with Crippen molar-refractivity contribution in [2.75, 3.05) is 32.7 Å². The Hall–Kier alpha value is -2.86. The molecule has 2 aromatic rings. The number of hydrogen-bond acceptors (Lipinski definition) is 5. The van der Waals surface area contributed by atoms with Crippen molar-refractivity contribution in [3.8, 4) is 11.5 Å². The highest BCUT2D eigenvalue weighted by atomic mass is 16.5. The molecule has 6 nitrogen and oxygen atoms in total. The van der Waals surface area contributed by atoms with E-state index >= 15 is 0 Å². The lowest BCUT2D eigenvalue weighted by Crippen LogP contribution is -2.46. The van der Waals surface area contributed by atoms with E-state index in [4.69, 9.17) is 9.73 Å². The molecule has 134 valence electrons. The number of piperazine rings is 1. The van der Waals surface area contributed by atoms with Gasteiger partial charge < -0.3 is 20.3 Å². The molecule has 2 aliphatic rings. The second kappa shape index (κ2) is 7.17. The summed E-state index contributed by atoms with van der Waals surface area (Å²) in [6, 6.07) is 13.3. The number of ether oxygens (including phenoxy) is 1. The average molecular weight is 350 g/mol. The van der Waals surface area contributed by atoms with Crippen molar-refractivity contribution >= 4 is 17.4 Å². The lowest BCUT2D eigenvalue weighted by molar-refractivity contribution is 0.0956. The van der Waals surface area contributed by atoms with Crippen molar-refractivity contribution < 1.29 is 9.53 Å². The van der Waals surface area contributed by atoms with E-state index in [-0.39, 0.29) is 5.91 Å². The first-order valence-electron chi connectivity index (χ1n) is 9.00. The maximum absolute atomic E-state index is 12.2. The van der Waals surface area contributed by atoms with Gasteiger partial charge in [-0.2, -0.15) is 0 Å². The minimum Gasteiger partial charge on any atom is -0.454 e. The number of para-hydroxylation sites is 1. The van der Waals surface area contributed by atoms with Crippen LogP contribution in [0.3, 0.4) is 0 Å². The highest BCUT2D eigenvalue weighted by molar-refractivity contribution is 6.04. The van der Waals surface area contributed by atoms with Crippen LogP contribution >= 0.6 is 0 Å². The molecular formula is C20H22N4O2. The molecule has 26 heavy (non-hydrogen) atoms. The molecule has 1 fully saturated rings. The predicted octanol–water partition coefficient (Wildman–Crippen LogP) is 2.53. The Bertz CT molecular complexity index is 857. The monoisotopic (exact) mass is 350 g/mol. The fourth-order valence-corrected chi connectivity index (χ4v) is 3.25. The van der Waals surface area contributed by atoms with E-state index in [0.29, 0.717) is 23.5 Å². The summed E-state index contributed by atoms with van der Waals surface area (Å²) >= 11 is 0. The van der Waals surface area contributed by atoms with Crippen LogP contribution in [-0.2, 0) is 0 Å². The largest absolute Gasteiger partial charge is 0.454 e. The molecule has 2 N–H and O–H groups in total. The lowest BCUT2D eigenvalue weighted by atomic mass is 10.1. The average Bonchev–Trinajstić information content (AvgIpc) is 2.85. The van der Waals surface area contributed by atoms with Crippen molar-refractivity contribution in [1.82, 2.24) is 15.5 Å². The normalized spacial score (nSPS) is 15.9. The van der Waals surface area contributed by atoms with E-state index in [9.17, 15) is 4.79 Å². The minimum absolute atomic E-state index is 0.101. The van der Waals surface area contributed by atoms with Crippen molar-refractivity contribution in [3.05, 3.63) is 53.6 Å². The minimum atomic E-state index is -0.101. The molecule has 6 heteroatoms. The van der Waals surface area contributed by atoms with Gasteiger partial charge in [0, 0.05) is 38.3 Å². The van der Waals surface area contributed by atoms with Crippen LogP contribution in [0.15, 0.2) is 47.5 Å². The quantitative estimate of drug-likeness (QED) is 0.873. The first-order valence-corrected chi connectivity index (χ1v) is 9.00. The predicted molar refractivity (Wildman–Crippen MR) is 102 cm³/mol. The summed E-state index contributed by atoms with van der Waals surface area (Å²) in [6.45, 7) is 6.12. The van der Waals surface area contributed by atoms with Gasteiger partial charge in [0.15, 0.2) is 5.75 Å². The molecule has 0 atom stereocenters. The van der Waals surface area contributed by atoms with Crippen LogP contribution in [0.1, 0.15) is 22.8 Å². The Morgan fingerprint density at radius 3 is 2.81 bits per heavy atom. The maximum Gasteiger partial charge on any atom is 0.251 e. The molecule has 0 bridgehead atoms. The Balaban J connectivity index is 1.80. The Morgan fingerprint density at radius 2 is 2.00 bits per heavy atom. The van der Waals surface area contributed by atoms with Gasteiger partial charge in [-0.25, -0.2) is 4.99 Å². The van der Waals surface area contributed by atoms with Crippen LogP contribution in [0.2, 0.25) is 0 Å². The summed E-state index contributed by atoms with van der Waals surface area (Å²) in [5.41, 5.74) is 2.24. The van der Waals surface area contributed by atoms with Gasteiger partial charge in [0.1, 0.15) is 17.3 Å². The number of rotatable bonds is 2. The zero-order valence-corrected chi connectivity index (χ0v) is 14.8. The molecule has 0 saturated carbocycles. The van der Waals surface area contributed by atoms with Crippen LogP contribution < -0.4 is 15.4 Å². The third kappa shape index (κ3) is 3.15. The van der Waals surface area contributed by atoms with Crippen LogP contribution in [0.5, 0.6) is 11.5 Å². The van der Waals surface area contributed by atoms with E-state index in [2.05, 4.69) is 15.5 Å². The smallest absolute Gasteiger partial charge is 0.251 e. The van der Waals surface area contributed by atoms with Crippen molar-refractivity contribution in [3.63, 3.8) is 0 Å². The molecule has 0 unspecified atom stereocenters. The summed E-state index contributed by atoms with van der Waals surface area (Å²) in [4.78, 5) is 19.4. The number of carbonyl (C=O) groups is 1. The maximum atomic E-state index is 12.2. The highest BCUT2D eigenvalue weighted by Gasteiger charge is 2.24. The number of amidine groups is 1. The van der Waals surface area contributed by atoms with Crippen molar-refractivity contribution in [1.29, 1.82) is 0 Å². The molecule has 2 aromatic carbocycles. The fraction of sp³-hybridized carbons (Fsp3) is 0.300. The number of amides is 1. The topological polar surface area (TPSA) is 66.0 Å². The molecule has 0 aromatic heterocycles. The fourth-order valence-electron chi connectivity index (χ4n) is 3.25. The number of aliphatic imine (C=N–C) groups is 1. The van der Waals surface area contributed by atoms with Gasteiger partial charge in [-0.05, 0) is 37.3 Å². The van der Waals surface area contributed by atoms with Gasteiger partial charge in [-0.1, -0.05) is 12.1 Å².